The van der Waals surface area contributed by atoms with Gasteiger partial charge in [0.15, 0.2) is 4.80 Å². The van der Waals surface area contributed by atoms with Crippen molar-refractivity contribution in [2.45, 2.75) is 19.9 Å². The minimum atomic E-state index is -0.819. The van der Waals surface area contributed by atoms with Crippen molar-refractivity contribution in [1.29, 1.82) is 0 Å². The maximum Gasteiger partial charge on any atom is 0.338 e. The summed E-state index contributed by atoms with van der Waals surface area (Å²) < 4.78 is 12.7. The number of allylic oxidation sites excluding steroid dienone is 1. The molecule has 0 saturated carbocycles. The average molecular weight is 490 g/mol. The quantitative estimate of drug-likeness (QED) is 0.524. The Bertz CT molecular complexity index is 1600. The number of rotatable bonds is 4. The van der Waals surface area contributed by atoms with E-state index in [-0.39, 0.29) is 22.6 Å². The number of thiazole rings is 1. The first-order valence-electron chi connectivity index (χ1n) is 11.1. The minimum absolute atomic E-state index is 0.181. The van der Waals surface area contributed by atoms with Crippen LogP contribution in [0.4, 0.5) is 5.69 Å². The van der Waals surface area contributed by atoms with Crippen LogP contribution in [0.3, 0.4) is 0 Å². The highest BCUT2D eigenvalue weighted by Gasteiger charge is 2.37. The minimum Gasteiger partial charge on any atom is -0.496 e. The molecule has 0 fully saturated rings. The van der Waals surface area contributed by atoms with Gasteiger partial charge in [0.1, 0.15) is 16.3 Å². The predicted octanol–water partition coefficient (Wildman–Crippen LogP) is 2.15. The van der Waals surface area contributed by atoms with E-state index < -0.39 is 17.6 Å². The predicted molar refractivity (Wildman–Crippen MR) is 132 cm³/mol. The van der Waals surface area contributed by atoms with Crippen molar-refractivity contribution in [3.63, 3.8) is 0 Å². The molecular formula is C26H23N3O5S. The van der Waals surface area contributed by atoms with Gasteiger partial charge < -0.3 is 14.4 Å². The monoisotopic (exact) mass is 489 g/mol. The topological polar surface area (TPSA) is 90.2 Å². The van der Waals surface area contributed by atoms with E-state index in [0.717, 1.165) is 17.0 Å². The Kier molecular flexibility index (Phi) is 5.64. The Morgan fingerprint density at radius 3 is 2.57 bits per heavy atom. The van der Waals surface area contributed by atoms with Crippen LogP contribution in [0.25, 0.3) is 5.57 Å². The van der Waals surface area contributed by atoms with Crippen molar-refractivity contribution >= 4 is 34.5 Å². The number of amides is 1. The van der Waals surface area contributed by atoms with Crippen LogP contribution >= 0.6 is 11.3 Å². The maximum atomic E-state index is 14.0. The Morgan fingerprint density at radius 2 is 1.83 bits per heavy atom. The van der Waals surface area contributed by atoms with Gasteiger partial charge in [-0.2, -0.15) is 0 Å². The van der Waals surface area contributed by atoms with E-state index in [1.807, 2.05) is 42.5 Å². The van der Waals surface area contributed by atoms with Gasteiger partial charge in [0.25, 0.3) is 11.5 Å². The van der Waals surface area contributed by atoms with E-state index in [4.69, 9.17) is 9.47 Å². The number of carbonyl (C=O) groups is 2. The lowest BCUT2D eigenvalue weighted by Gasteiger charge is -2.25. The Morgan fingerprint density at radius 1 is 1.11 bits per heavy atom. The molecule has 178 valence electrons. The molecule has 35 heavy (non-hydrogen) atoms. The molecule has 0 saturated heterocycles. The summed E-state index contributed by atoms with van der Waals surface area (Å²) in [6.45, 7) is 3.63. The molecule has 9 heteroatoms. The van der Waals surface area contributed by atoms with E-state index in [0.29, 0.717) is 32.9 Å². The van der Waals surface area contributed by atoms with E-state index >= 15 is 0 Å². The van der Waals surface area contributed by atoms with Gasteiger partial charge >= 0.3 is 5.97 Å². The zero-order chi connectivity index (χ0) is 24.9. The SMILES string of the molecule is CCOC(=O)C1=C(C)N=c2sc(=C3C(=O)N(C)c4ccccc43)c(=O)n2[C@@H]1c1ccccc1OC. The van der Waals surface area contributed by atoms with Crippen LogP contribution in [0.2, 0.25) is 0 Å². The van der Waals surface area contributed by atoms with Crippen LogP contribution in [0.1, 0.15) is 31.0 Å². The van der Waals surface area contributed by atoms with Crippen LogP contribution < -0.4 is 24.5 Å². The number of para-hydroxylation sites is 2. The third-order valence-electron chi connectivity index (χ3n) is 6.21. The van der Waals surface area contributed by atoms with Gasteiger partial charge in [-0.05, 0) is 26.0 Å². The third-order valence-corrected chi connectivity index (χ3v) is 7.26. The number of benzene rings is 2. The molecule has 5 rings (SSSR count). The summed E-state index contributed by atoms with van der Waals surface area (Å²) in [7, 11) is 3.22. The Balaban J connectivity index is 1.86. The fourth-order valence-corrected chi connectivity index (χ4v) is 5.75. The summed E-state index contributed by atoms with van der Waals surface area (Å²) in [5.41, 5.74) is 2.71. The van der Waals surface area contributed by atoms with Crippen LogP contribution in [0, 0.1) is 0 Å². The molecule has 8 nitrogen and oxygen atoms in total. The lowest BCUT2D eigenvalue weighted by atomic mass is 9.95. The van der Waals surface area contributed by atoms with Crippen LogP contribution in [0.5, 0.6) is 5.75 Å². The molecule has 0 spiro atoms. The number of aromatic nitrogens is 1. The summed E-state index contributed by atoms with van der Waals surface area (Å²) in [5, 5.41) is 0. The van der Waals surface area contributed by atoms with Crippen LogP contribution in [-0.4, -0.2) is 37.2 Å². The average Bonchev–Trinajstić information content (AvgIpc) is 3.31. The Hall–Kier alpha value is -3.98. The van der Waals surface area contributed by atoms with Gasteiger partial charge in [-0.25, -0.2) is 9.79 Å². The molecule has 0 radical (unpaired) electrons. The van der Waals surface area contributed by atoms with Crippen molar-refractivity contribution in [2.75, 3.05) is 25.7 Å². The van der Waals surface area contributed by atoms with Crippen molar-refractivity contribution in [1.82, 2.24) is 4.57 Å². The highest BCUT2D eigenvalue weighted by atomic mass is 32.1. The van der Waals surface area contributed by atoms with Crippen LogP contribution in [-0.2, 0) is 14.3 Å². The normalized spacial score (nSPS) is 18.2. The van der Waals surface area contributed by atoms with E-state index in [1.54, 1.807) is 27.0 Å². The molecule has 1 aromatic heterocycles. The zero-order valence-electron chi connectivity index (χ0n) is 19.7. The van der Waals surface area contributed by atoms with E-state index in [1.165, 1.54) is 16.6 Å². The van der Waals surface area contributed by atoms with E-state index in [9.17, 15) is 14.4 Å². The van der Waals surface area contributed by atoms with Crippen molar-refractivity contribution in [3.05, 3.63) is 90.6 Å². The highest BCUT2D eigenvalue weighted by Crippen LogP contribution is 2.36. The standard InChI is InChI=1S/C26H23N3O5S/c1-5-34-25(32)19-14(2)27-26-29(21(19)16-11-7-9-13-18(16)33-4)24(31)22(35-26)20-15-10-6-8-12-17(15)28(3)23(20)30/h6-13,21H,5H2,1-4H3/t21-/m1/s1. The number of likely N-dealkylation sites (N-methyl/N-ethyl adjacent to an activating group) is 1. The molecule has 0 N–H and O–H groups in total. The first-order chi connectivity index (χ1) is 16.9. The number of hydrogen-bond donors (Lipinski definition) is 0. The Labute approximate surface area is 205 Å². The number of nitrogens with zero attached hydrogens (tertiary/aromatic N) is 3. The number of anilines is 1. The lowest BCUT2D eigenvalue weighted by molar-refractivity contribution is -0.139. The molecule has 0 unspecified atom stereocenters. The second-order valence-corrected chi connectivity index (χ2v) is 9.10. The molecule has 2 aliphatic heterocycles. The van der Waals surface area contributed by atoms with Gasteiger partial charge in [0, 0.05) is 18.2 Å². The molecule has 0 bridgehead atoms. The first-order valence-corrected chi connectivity index (χ1v) is 11.9. The summed E-state index contributed by atoms with van der Waals surface area (Å²) in [5.74, 6) is -0.287. The molecule has 0 aliphatic carbocycles. The van der Waals surface area contributed by atoms with E-state index in [2.05, 4.69) is 4.99 Å². The number of carbonyl (C=O) groups excluding carboxylic acids is 2. The molecular weight excluding hydrogens is 466 g/mol. The molecule has 3 aromatic rings. The number of esters is 1. The fourth-order valence-electron chi connectivity index (χ4n) is 4.62. The number of hydrogen-bond acceptors (Lipinski definition) is 7. The molecule has 2 aromatic carbocycles. The zero-order valence-corrected chi connectivity index (χ0v) is 20.5. The summed E-state index contributed by atoms with van der Waals surface area (Å²) in [6.07, 6.45) is 0. The van der Waals surface area contributed by atoms with Crippen molar-refractivity contribution in [2.24, 2.45) is 4.99 Å². The van der Waals surface area contributed by atoms with Crippen LogP contribution in [0.15, 0.2) is 69.6 Å². The lowest BCUT2D eigenvalue weighted by Crippen LogP contribution is -2.41. The summed E-state index contributed by atoms with van der Waals surface area (Å²) in [4.78, 5) is 46.8. The third kappa shape index (κ3) is 3.42. The van der Waals surface area contributed by atoms with Gasteiger partial charge in [-0.3, -0.25) is 14.2 Å². The van der Waals surface area contributed by atoms with Gasteiger partial charge in [0.2, 0.25) is 0 Å². The molecule has 1 amide bonds. The number of methoxy groups -OCH3 is 1. The summed E-state index contributed by atoms with van der Waals surface area (Å²) in [6, 6.07) is 13.8. The number of fused-ring (bicyclic) bond motifs is 2. The van der Waals surface area contributed by atoms with Gasteiger partial charge in [0.05, 0.1) is 36.2 Å². The molecule has 3 heterocycles. The maximum absolute atomic E-state index is 14.0. The highest BCUT2D eigenvalue weighted by molar-refractivity contribution is 7.07. The van der Waals surface area contributed by atoms with Gasteiger partial charge in [-0.1, -0.05) is 47.7 Å². The largest absolute Gasteiger partial charge is 0.496 e. The second-order valence-electron chi connectivity index (χ2n) is 8.12. The smallest absolute Gasteiger partial charge is 0.338 e. The fraction of sp³-hybridized carbons (Fsp3) is 0.231. The number of ether oxygens (including phenoxy) is 2. The second kappa shape index (κ2) is 8.66. The molecule has 2 aliphatic rings. The molecule has 1 atom stereocenters. The summed E-state index contributed by atoms with van der Waals surface area (Å²) >= 11 is 1.14. The first kappa shape index (κ1) is 22.8. The van der Waals surface area contributed by atoms with Gasteiger partial charge in [-0.15, -0.1) is 0 Å². The van der Waals surface area contributed by atoms with Crippen molar-refractivity contribution in [3.8, 4) is 5.75 Å². The van der Waals surface area contributed by atoms with Crippen molar-refractivity contribution < 1.29 is 19.1 Å².